The smallest absolute Gasteiger partial charge is 0.328 e. The first-order chi connectivity index (χ1) is 14.1. The second-order valence-electron chi connectivity index (χ2n) is 8.21. The second kappa shape index (κ2) is 5.54. The van der Waals surface area contributed by atoms with Crippen LogP contribution in [0.15, 0.2) is 48.5 Å². The number of rotatable bonds is 1. The lowest BCUT2D eigenvalue weighted by Gasteiger charge is -2.32. The Kier molecular flexibility index (Phi) is 3.23. The van der Waals surface area contributed by atoms with Crippen molar-refractivity contribution in [2.24, 2.45) is 10.8 Å². The van der Waals surface area contributed by atoms with Gasteiger partial charge >= 0.3 is 5.97 Å². The molecule has 29 heavy (non-hydrogen) atoms. The summed E-state index contributed by atoms with van der Waals surface area (Å²) in [7, 11) is 0. The zero-order valence-corrected chi connectivity index (χ0v) is 15.7. The maximum Gasteiger partial charge on any atom is 0.328 e. The lowest BCUT2D eigenvalue weighted by molar-refractivity contribution is -0.156. The predicted octanol–water partition coefficient (Wildman–Crippen LogP) is 1.97. The molecule has 2 aliphatic carbocycles. The van der Waals surface area contributed by atoms with Crippen molar-refractivity contribution in [1.29, 1.82) is 0 Å². The first kappa shape index (κ1) is 16.9. The molecule has 3 unspecified atom stereocenters. The molecule has 0 bridgehead atoms. The predicted molar refractivity (Wildman–Crippen MR) is 102 cm³/mol. The molecule has 2 heterocycles. The summed E-state index contributed by atoms with van der Waals surface area (Å²) in [5.41, 5.74) is -0.313. The maximum absolute atomic E-state index is 13.8. The van der Waals surface area contributed by atoms with Gasteiger partial charge in [-0.15, -0.1) is 0 Å². The van der Waals surface area contributed by atoms with Gasteiger partial charge < -0.3 is 14.4 Å². The molecule has 6 nitrogen and oxygen atoms in total. The molecule has 146 valence electrons. The molecular weight excluding hydrogens is 370 g/mol. The SMILES string of the molecule is O=C1c2ccccc2CC12C1c3ccccc3OC(=O)C12C(=O)N1CCOCC1. The van der Waals surface area contributed by atoms with Crippen LogP contribution in [0.5, 0.6) is 5.75 Å². The number of nitrogens with zero attached hydrogens (tertiary/aromatic N) is 1. The van der Waals surface area contributed by atoms with Crippen LogP contribution in [0.25, 0.3) is 0 Å². The van der Waals surface area contributed by atoms with Gasteiger partial charge in [-0.1, -0.05) is 42.5 Å². The largest absolute Gasteiger partial charge is 0.425 e. The molecule has 1 amide bonds. The third kappa shape index (κ3) is 1.83. The zero-order valence-electron chi connectivity index (χ0n) is 15.7. The van der Waals surface area contributed by atoms with Crippen LogP contribution in [-0.4, -0.2) is 48.9 Å². The third-order valence-corrected chi connectivity index (χ3v) is 7.07. The molecule has 2 aliphatic heterocycles. The minimum Gasteiger partial charge on any atom is -0.425 e. The van der Waals surface area contributed by atoms with E-state index >= 15 is 0 Å². The van der Waals surface area contributed by atoms with Gasteiger partial charge in [-0.3, -0.25) is 14.4 Å². The van der Waals surface area contributed by atoms with Crippen LogP contribution in [0, 0.1) is 10.8 Å². The van der Waals surface area contributed by atoms with Crippen LogP contribution in [0.2, 0.25) is 0 Å². The van der Waals surface area contributed by atoms with E-state index in [1.165, 1.54) is 0 Å². The highest BCUT2D eigenvalue weighted by Crippen LogP contribution is 2.81. The van der Waals surface area contributed by atoms with Crippen LogP contribution in [0.3, 0.4) is 0 Å². The Morgan fingerprint density at radius 3 is 2.52 bits per heavy atom. The van der Waals surface area contributed by atoms with E-state index in [9.17, 15) is 14.4 Å². The highest BCUT2D eigenvalue weighted by Gasteiger charge is 2.91. The molecule has 2 aromatic carbocycles. The lowest BCUT2D eigenvalue weighted by Crippen LogP contribution is -2.51. The van der Waals surface area contributed by atoms with Crippen LogP contribution in [0.1, 0.15) is 27.4 Å². The minimum absolute atomic E-state index is 0.117. The van der Waals surface area contributed by atoms with Crippen LogP contribution in [-0.2, 0) is 20.7 Å². The van der Waals surface area contributed by atoms with E-state index in [0.717, 1.165) is 11.1 Å². The summed E-state index contributed by atoms with van der Waals surface area (Å²) in [6.45, 7) is 1.69. The van der Waals surface area contributed by atoms with E-state index in [2.05, 4.69) is 0 Å². The van der Waals surface area contributed by atoms with Crippen molar-refractivity contribution in [2.75, 3.05) is 26.3 Å². The van der Waals surface area contributed by atoms with Crippen molar-refractivity contribution < 1.29 is 23.9 Å². The number of fused-ring (bicyclic) bond motifs is 6. The van der Waals surface area contributed by atoms with Gasteiger partial charge in [0.15, 0.2) is 11.2 Å². The third-order valence-electron chi connectivity index (χ3n) is 7.07. The summed E-state index contributed by atoms with van der Waals surface area (Å²) < 4.78 is 11.0. The van der Waals surface area contributed by atoms with E-state index in [0.29, 0.717) is 44.0 Å². The molecule has 6 heteroatoms. The monoisotopic (exact) mass is 389 g/mol. The number of ketones is 1. The van der Waals surface area contributed by atoms with Gasteiger partial charge in [0.2, 0.25) is 5.91 Å². The number of para-hydroxylation sites is 1. The van der Waals surface area contributed by atoms with E-state index in [1.54, 1.807) is 23.1 Å². The average molecular weight is 389 g/mol. The van der Waals surface area contributed by atoms with E-state index in [-0.39, 0.29) is 11.7 Å². The number of benzene rings is 2. The van der Waals surface area contributed by atoms with Gasteiger partial charge in [0.25, 0.3) is 0 Å². The number of amides is 1. The highest BCUT2D eigenvalue weighted by atomic mass is 16.5. The molecule has 1 spiro atoms. The van der Waals surface area contributed by atoms with Crippen LogP contribution < -0.4 is 4.74 Å². The van der Waals surface area contributed by atoms with Gasteiger partial charge in [-0.2, -0.15) is 0 Å². The summed E-state index contributed by atoms with van der Waals surface area (Å²) in [5, 5.41) is 0. The molecule has 0 radical (unpaired) electrons. The number of ether oxygens (including phenoxy) is 2. The normalized spacial score (nSPS) is 31.7. The molecule has 2 aromatic rings. The number of hydrogen-bond acceptors (Lipinski definition) is 5. The van der Waals surface area contributed by atoms with E-state index in [1.807, 2.05) is 30.3 Å². The number of hydrogen-bond donors (Lipinski definition) is 0. The van der Waals surface area contributed by atoms with Crippen LogP contribution in [0.4, 0.5) is 0 Å². The molecule has 3 atom stereocenters. The van der Waals surface area contributed by atoms with Crippen molar-refractivity contribution in [3.8, 4) is 5.75 Å². The molecule has 1 saturated heterocycles. The Bertz CT molecular complexity index is 1090. The number of esters is 1. The molecule has 6 rings (SSSR count). The Labute approximate surface area is 167 Å². The standard InChI is InChI=1S/C23H19NO5/c25-19-15-6-2-1-5-14(15)13-22(19)18-16-7-3-4-8-17(16)29-21(27)23(18,22)20(26)24-9-11-28-12-10-24/h1-8,18H,9-13H2. The summed E-state index contributed by atoms with van der Waals surface area (Å²) in [6, 6.07) is 14.7. The molecule has 2 fully saturated rings. The Morgan fingerprint density at radius 2 is 1.72 bits per heavy atom. The molecule has 4 aliphatic rings. The van der Waals surface area contributed by atoms with Crippen molar-refractivity contribution in [3.63, 3.8) is 0 Å². The summed E-state index contributed by atoms with van der Waals surface area (Å²) >= 11 is 0. The fourth-order valence-corrected chi connectivity index (χ4v) is 5.81. The fraction of sp³-hybridized carbons (Fsp3) is 0.348. The van der Waals surface area contributed by atoms with Crippen molar-refractivity contribution in [1.82, 2.24) is 4.90 Å². The van der Waals surface area contributed by atoms with Gasteiger partial charge in [0.1, 0.15) is 5.75 Å². The Morgan fingerprint density at radius 1 is 1.00 bits per heavy atom. The van der Waals surface area contributed by atoms with Crippen molar-refractivity contribution in [3.05, 3.63) is 65.2 Å². The summed E-state index contributed by atoms with van der Waals surface area (Å²) in [4.78, 5) is 42.6. The van der Waals surface area contributed by atoms with Gasteiger partial charge in [-0.05, 0) is 18.1 Å². The number of Topliss-reactive ketones (excluding diaryl/α,β-unsaturated/α-hetero) is 1. The molecule has 0 N–H and O–H groups in total. The van der Waals surface area contributed by atoms with E-state index in [4.69, 9.17) is 9.47 Å². The van der Waals surface area contributed by atoms with Crippen molar-refractivity contribution >= 4 is 17.7 Å². The maximum atomic E-state index is 13.8. The zero-order chi connectivity index (χ0) is 19.8. The number of carbonyl (C=O) groups excluding carboxylic acids is 3. The average Bonchev–Trinajstić information content (AvgIpc) is 3.28. The highest BCUT2D eigenvalue weighted by molar-refractivity contribution is 6.23. The number of morpholine rings is 1. The number of carbonyl (C=O) groups is 3. The molecule has 0 aromatic heterocycles. The molecule has 1 saturated carbocycles. The van der Waals surface area contributed by atoms with Gasteiger partial charge in [-0.25, -0.2) is 0 Å². The minimum atomic E-state index is -1.49. The quantitative estimate of drug-likeness (QED) is 0.424. The van der Waals surface area contributed by atoms with Gasteiger partial charge in [0.05, 0.1) is 18.6 Å². The lowest BCUT2D eigenvalue weighted by atomic mass is 9.87. The first-order valence-corrected chi connectivity index (χ1v) is 9.93. The van der Waals surface area contributed by atoms with E-state index < -0.39 is 22.7 Å². The van der Waals surface area contributed by atoms with Crippen molar-refractivity contribution in [2.45, 2.75) is 12.3 Å². The first-order valence-electron chi connectivity index (χ1n) is 9.93. The fourth-order valence-electron chi connectivity index (χ4n) is 5.81. The summed E-state index contributed by atoms with van der Waals surface area (Å²) in [6.07, 6.45) is 0.381. The van der Waals surface area contributed by atoms with Crippen LogP contribution >= 0.6 is 0 Å². The Hall–Kier alpha value is -2.99. The second-order valence-corrected chi connectivity index (χ2v) is 8.21. The molecular formula is C23H19NO5. The summed E-state index contributed by atoms with van der Waals surface area (Å²) in [5.74, 6) is -1.06. The Balaban J connectivity index is 1.56. The topological polar surface area (TPSA) is 72.9 Å². The van der Waals surface area contributed by atoms with Gasteiger partial charge in [0, 0.05) is 30.1 Å².